The summed E-state index contributed by atoms with van der Waals surface area (Å²) >= 11 is 3.85. The molecule has 0 aliphatic carbocycles. The fourth-order valence-electron chi connectivity index (χ4n) is 10.8. The fraction of sp³-hybridized carbons (Fsp3) is 0.321. The summed E-state index contributed by atoms with van der Waals surface area (Å²) in [6.45, 7) is 6.32. The van der Waals surface area contributed by atoms with Crippen LogP contribution >= 0.6 is 23.5 Å². The summed E-state index contributed by atoms with van der Waals surface area (Å²) in [4.78, 5) is 29.2. The topological polar surface area (TPSA) is 86.2 Å². The molecule has 6 nitrogen and oxygen atoms in total. The number of hydrogen-bond donors (Lipinski definition) is 2. The number of nitrogens with two attached hydrogens (primary N) is 2. The average molecular weight is 891 g/mol. The highest BCUT2D eigenvalue weighted by atomic mass is 32.2. The first-order valence-corrected chi connectivity index (χ1v) is 24.9. The van der Waals surface area contributed by atoms with Gasteiger partial charge in [0.15, 0.2) is 0 Å². The summed E-state index contributed by atoms with van der Waals surface area (Å²) in [5, 5.41) is 0. The van der Waals surface area contributed by atoms with Crippen LogP contribution in [0.4, 0.5) is 0 Å². The number of hydrogen-bond acceptors (Lipinski definition) is 4. The third-order valence-corrected chi connectivity index (χ3v) is 16.2. The van der Waals surface area contributed by atoms with Gasteiger partial charge in [-0.1, -0.05) is 158 Å². The molecule has 2 heterocycles. The van der Waals surface area contributed by atoms with E-state index in [0.29, 0.717) is 0 Å². The summed E-state index contributed by atoms with van der Waals surface area (Å²) < 4.78 is 1.99. The Balaban J connectivity index is 0.000000191. The van der Waals surface area contributed by atoms with Crippen LogP contribution in [-0.2, 0) is 20.4 Å². The Morgan fingerprint density at radius 2 is 0.734 bits per heavy atom. The second-order valence-electron chi connectivity index (χ2n) is 18.3. The lowest BCUT2D eigenvalue weighted by atomic mass is 9.64. The lowest BCUT2D eigenvalue weighted by Crippen LogP contribution is -2.51. The summed E-state index contributed by atoms with van der Waals surface area (Å²) in [6.07, 6.45) is 4.30. The Morgan fingerprint density at radius 1 is 0.469 bits per heavy atom. The van der Waals surface area contributed by atoms with Crippen LogP contribution in [0.1, 0.15) is 47.9 Å². The molecule has 2 aliphatic heterocycles. The normalized spacial score (nSPS) is 20.8. The number of primary amides is 2. The van der Waals surface area contributed by atoms with Gasteiger partial charge in [0.05, 0.1) is 53.4 Å². The number of likely N-dealkylation sites (tertiary alicyclic amines) is 2. The standard InChI is InChI=1S/2C28H32N2OS/c2*1-30(19-11-21-32-26-16-9-4-10-17-26)20-18-25(22-30)28(27(29)31,23-12-5-2-6-13-23)24-14-7-3-8-15-24/h2*2-10,12-17,25H,11,18-22H2,1H3,(H-,29,31)/p+2/t2*25-,30?/m10/s1. The molecule has 0 saturated carbocycles. The van der Waals surface area contributed by atoms with Crippen LogP contribution in [0.2, 0.25) is 0 Å². The van der Waals surface area contributed by atoms with Crippen molar-refractivity contribution in [3.63, 3.8) is 0 Å². The Hall–Kier alpha value is -5.12. The van der Waals surface area contributed by atoms with Gasteiger partial charge in [-0.05, 0) is 46.5 Å². The molecule has 2 unspecified atom stereocenters. The number of benzene rings is 6. The highest BCUT2D eigenvalue weighted by molar-refractivity contribution is 7.99. The molecule has 332 valence electrons. The number of amides is 2. The van der Waals surface area contributed by atoms with Crippen LogP contribution in [0.15, 0.2) is 192 Å². The van der Waals surface area contributed by atoms with Crippen molar-refractivity contribution >= 4 is 35.3 Å². The third kappa shape index (κ3) is 10.7. The minimum atomic E-state index is -0.794. The SMILES string of the molecule is C[N+]1(CCCSc2ccccc2)CC[C@@H](C(C(N)=O)(c2ccccc2)c2ccccc2)C1.C[N+]1(CCCSc2ccccc2)CC[C@H](C(C(N)=O)(c2ccccc2)c2ccccc2)C1. The van der Waals surface area contributed by atoms with Gasteiger partial charge in [-0.15, -0.1) is 23.5 Å². The maximum Gasteiger partial charge on any atom is 0.233 e. The summed E-state index contributed by atoms with van der Waals surface area (Å²) in [6, 6.07) is 61.8. The molecule has 2 fully saturated rings. The molecule has 0 radical (unpaired) electrons. The zero-order valence-electron chi connectivity index (χ0n) is 37.6. The zero-order valence-corrected chi connectivity index (χ0v) is 39.3. The van der Waals surface area contributed by atoms with Gasteiger partial charge in [0.2, 0.25) is 11.8 Å². The third-order valence-electron chi connectivity index (χ3n) is 14.0. The molecule has 0 aromatic heterocycles. The molecular formula is C56H66N4O2S2+2. The van der Waals surface area contributed by atoms with Crippen molar-refractivity contribution in [2.45, 2.75) is 46.3 Å². The highest BCUT2D eigenvalue weighted by Crippen LogP contribution is 2.46. The van der Waals surface area contributed by atoms with Crippen LogP contribution in [0.25, 0.3) is 0 Å². The van der Waals surface area contributed by atoms with Crippen molar-refractivity contribution in [2.75, 3.05) is 64.9 Å². The van der Waals surface area contributed by atoms with E-state index in [0.717, 1.165) is 108 Å². The first-order valence-electron chi connectivity index (χ1n) is 22.9. The lowest BCUT2D eigenvalue weighted by Gasteiger charge is -2.38. The van der Waals surface area contributed by atoms with Crippen molar-refractivity contribution < 1.29 is 18.6 Å². The van der Waals surface area contributed by atoms with Gasteiger partial charge in [0.1, 0.15) is 10.8 Å². The molecule has 0 spiro atoms. The molecule has 8 rings (SSSR count). The van der Waals surface area contributed by atoms with E-state index in [9.17, 15) is 9.59 Å². The molecule has 64 heavy (non-hydrogen) atoms. The van der Waals surface area contributed by atoms with Gasteiger partial charge in [-0.2, -0.15) is 0 Å². The quantitative estimate of drug-likeness (QED) is 0.0511. The first-order chi connectivity index (χ1) is 31.1. The summed E-state index contributed by atoms with van der Waals surface area (Å²) in [7, 11) is 4.68. The van der Waals surface area contributed by atoms with Crippen LogP contribution in [-0.4, -0.2) is 85.7 Å². The molecule has 8 heteroatoms. The fourth-order valence-corrected chi connectivity index (χ4v) is 12.6. The maximum absolute atomic E-state index is 13.2. The highest BCUT2D eigenvalue weighted by Gasteiger charge is 2.54. The van der Waals surface area contributed by atoms with Crippen LogP contribution in [0.5, 0.6) is 0 Å². The van der Waals surface area contributed by atoms with E-state index < -0.39 is 10.8 Å². The van der Waals surface area contributed by atoms with Crippen molar-refractivity contribution in [1.82, 2.24) is 0 Å². The molecular weight excluding hydrogens is 825 g/mol. The van der Waals surface area contributed by atoms with E-state index in [1.165, 1.54) is 9.79 Å². The molecule has 2 amide bonds. The van der Waals surface area contributed by atoms with Crippen molar-refractivity contribution in [2.24, 2.45) is 23.3 Å². The van der Waals surface area contributed by atoms with Crippen molar-refractivity contribution in [1.29, 1.82) is 0 Å². The van der Waals surface area contributed by atoms with E-state index in [2.05, 4.69) is 123 Å². The Kier molecular flexibility index (Phi) is 15.9. The Labute approximate surface area is 390 Å². The van der Waals surface area contributed by atoms with E-state index in [1.807, 2.05) is 96.3 Å². The smallest absolute Gasteiger partial charge is 0.233 e. The maximum atomic E-state index is 13.2. The number of carbonyl (C=O) groups excluding carboxylic acids is 2. The van der Waals surface area contributed by atoms with E-state index in [1.54, 1.807) is 0 Å². The summed E-state index contributed by atoms with van der Waals surface area (Å²) in [5.74, 6) is 2.09. The summed E-state index contributed by atoms with van der Waals surface area (Å²) in [5.41, 5.74) is 14.9. The van der Waals surface area contributed by atoms with Crippen LogP contribution < -0.4 is 11.5 Å². The lowest BCUT2D eigenvalue weighted by molar-refractivity contribution is -0.899. The number of quaternary nitrogens is 2. The van der Waals surface area contributed by atoms with Gasteiger partial charge in [-0.3, -0.25) is 9.59 Å². The van der Waals surface area contributed by atoms with E-state index >= 15 is 0 Å². The van der Waals surface area contributed by atoms with Gasteiger partial charge in [0.25, 0.3) is 0 Å². The second kappa shape index (κ2) is 21.7. The number of carbonyl (C=O) groups is 2. The Bertz CT molecular complexity index is 2110. The Morgan fingerprint density at radius 3 is 1.00 bits per heavy atom. The number of rotatable bonds is 18. The molecule has 2 saturated heterocycles. The number of nitrogens with zero attached hydrogens (tertiary/aromatic N) is 2. The first kappa shape index (κ1) is 46.9. The van der Waals surface area contributed by atoms with Gasteiger partial charge >= 0.3 is 0 Å². The monoisotopic (exact) mass is 890 g/mol. The van der Waals surface area contributed by atoms with E-state index in [-0.39, 0.29) is 23.7 Å². The van der Waals surface area contributed by atoms with Crippen molar-refractivity contribution in [3.8, 4) is 0 Å². The molecule has 6 aromatic rings. The predicted octanol–water partition coefficient (Wildman–Crippen LogP) is 10.2. The van der Waals surface area contributed by atoms with E-state index in [4.69, 9.17) is 11.5 Å². The van der Waals surface area contributed by atoms with Crippen molar-refractivity contribution in [3.05, 3.63) is 204 Å². The van der Waals surface area contributed by atoms with Crippen LogP contribution in [0, 0.1) is 11.8 Å². The largest absolute Gasteiger partial charge is 0.369 e. The zero-order chi connectivity index (χ0) is 44.9. The minimum Gasteiger partial charge on any atom is -0.369 e. The second-order valence-corrected chi connectivity index (χ2v) is 20.6. The molecule has 4 atom stereocenters. The average Bonchev–Trinajstić information content (AvgIpc) is 3.92. The molecule has 6 aromatic carbocycles. The van der Waals surface area contributed by atoms with Gasteiger partial charge < -0.3 is 20.4 Å². The van der Waals surface area contributed by atoms with Crippen LogP contribution in [0.3, 0.4) is 0 Å². The predicted molar refractivity (Wildman–Crippen MR) is 267 cm³/mol. The van der Waals surface area contributed by atoms with Gasteiger partial charge in [-0.25, -0.2) is 0 Å². The molecule has 2 aliphatic rings. The molecule has 0 bridgehead atoms. The minimum absolute atomic E-state index is 0.177. The van der Waals surface area contributed by atoms with Gasteiger partial charge in [0, 0.05) is 58.8 Å². The number of thioether (sulfide) groups is 2. The molecule has 4 N–H and O–H groups in total.